The quantitative estimate of drug-likeness (QED) is 0.623. The number of carbonyl (C=O) groups is 1. The van der Waals surface area contributed by atoms with Gasteiger partial charge in [-0.3, -0.25) is 4.79 Å². The van der Waals surface area contributed by atoms with E-state index in [4.69, 9.17) is 4.74 Å². The number of carbonyl (C=O) groups excluding carboxylic acids is 1. The van der Waals surface area contributed by atoms with Crippen molar-refractivity contribution in [3.05, 3.63) is 0 Å². The van der Waals surface area contributed by atoms with Crippen LogP contribution in [0.2, 0.25) is 0 Å². The van der Waals surface area contributed by atoms with E-state index in [1.807, 2.05) is 21.0 Å². The van der Waals surface area contributed by atoms with Crippen LogP contribution >= 0.6 is 0 Å². The fraction of sp³-hybridized carbons (Fsp3) is 0.917. The number of hydrogen-bond donors (Lipinski definition) is 1. The molecule has 0 aliphatic heterocycles. The van der Waals surface area contributed by atoms with Crippen molar-refractivity contribution in [1.82, 2.24) is 10.2 Å². The predicted molar refractivity (Wildman–Crippen MR) is 64.3 cm³/mol. The third-order valence-electron chi connectivity index (χ3n) is 2.93. The minimum absolute atomic E-state index is 0.0402. The van der Waals surface area contributed by atoms with Gasteiger partial charge in [0.15, 0.2) is 0 Å². The smallest absolute Gasteiger partial charge is 0.226 e. The Kier molecular flexibility index (Phi) is 5.77. The number of likely N-dealkylation sites (N-methyl/N-ethyl adjacent to an activating group) is 1. The fourth-order valence-corrected chi connectivity index (χ4v) is 1.62. The van der Waals surface area contributed by atoms with E-state index in [9.17, 15) is 4.79 Å². The Bertz CT molecular complexity index is 217. The Balaban J connectivity index is 2.06. The minimum atomic E-state index is 0.0402. The first kappa shape index (κ1) is 13.5. The molecule has 1 N–H and O–H groups in total. The number of ether oxygens (including phenoxy) is 1. The average Bonchev–Trinajstić information content (AvgIpc) is 3.07. The van der Waals surface area contributed by atoms with E-state index < -0.39 is 0 Å². The van der Waals surface area contributed by atoms with Gasteiger partial charge < -0.3 is 15.0 Å². The minimum Gasteiger partial charge on any atom is -0.379 e. The summed E-state index contributed by atoms with van der Waals surface area (Å²) >= 11 is 0. The summed E-state index contributed by atoms with van der Waals surface area (Å²) < 4.78 is 5.51. The third kappa shape index (κ3) is 4.94. The summed E-state index contributed by atoms with van der Waals surface area (Å²) in [5.74, 6) is 1.02. The number of amides is 1. The molecule has 0 aromatic rings. The van der Waals surface area contributed by atoms with Gasteiger partial charge in [-0.1, -0.05) is 6.92 Å². The van der Waals surface area contributed by atoms with Crippen molar-refractivity contribution in [3.8, 4) is 0 Å². The summed E-state index contributed by atoms with van der Waals surface area (Å²) in [5, 5.41) is 3.01. The second kappa shape index (κ2) is 6.86. The summed E-state index contributed by atoms with van der Waals surface area (Å²) in [6.07, 6.45) is 2.63. The van der Waals surface area contributed by atoms with Gasteiger partial charge in [0.2, 0.25) is 5.91 Å². The third-order valence-corrected chi connectivity index (χ3v) is 2.93. The molecule has 1 rings (SSSR count). The standard InChI is InChI=1S/C12H24N2O2/c1-10(8-13-2)12(15)14(3)6-7-16-9-11-4-5-11/h10-11,13H,4-9H2,1-3H3. The second-order valence-corrected chi connectivity index (χ2v) is 4.74. The molecule has 0 saturated heterocycles. The van der Waals surface area contributed by atoms with Gasteiger partial charge in [0.05, 0.1) is 6.61 Å². The van der Waals surface area contributed by atoms with Crippen molar-refractivity contribution < 1.29 is 9.53 Å². The molecule has 0 aromatic carbocycles. The zero-order valence-corrected chi connectivity index (χ0v) is 10.7. The largest absolute Gasteiger partial charge is 0.379 e. The SMILES string of the molecule is CNCC(C)C(=O)N(C)CCOCC1CC1. The molecule has 1 unspecified atom stereocenters. The maximum Gasteiger partial charge on any atom is 0.226 e. The lowest BCUT2D eigenvalue weighted by Gasteiger charge is -2.21. The van der Waals surface area contributed by atoms with Gasteiger partial charge in [0.25, 0.3) is 0 Å². The average molecular weight is 228 g/mol. The van der Waals surface area contributed by atoms with Crippen molar-refractivity contribution in [2.45, 2.75) is 19.8 Å². The van der Waals surface area contributed by atoms with Gasteiger partial charge in [-0.15, -0.1) is 0 Å². The van der Waals surface area contributed by atoms with Gasteiger partial charge in [0.1, 0.15) is 0 Å². The molecule has 4 heteroatoms. The predicted octanol–water partition coefficient (Wildman–Crippen LogP) is 0.727. The Morgan fingerprint density at radius 2 is 2.25 bits per heavy atom. The molecule has 1 fully saturated rings. The molecule has 0 spiro atoms. The van der Waals surface area contributed by atoms with Gasteiger partial charge in [-0.2, -0.15) is 0 Å². The van der Waals surface area contributed by atoms with Crippen molar-refractivity contribution in [2.75, 3.05) is 40.4 Å². The van der Waals surface area contributed by atoms with Crippen molar-refractivity contribution >= 4 is 5.91 Å². The van der Waals surface area contributed by atoms with Crippen molar-refractivity contribution in [3.63, 3.8) is 0 Å². The molecular weight excluding hydrogens is 204 g/mol. The van der Waals surface area contributed by atoms with Crippen LogP contribution in [-0.2, 0) is 9.53 Å². The highest BCUT2D eigenvalue weighted by atomic mass is 16.5. The molecule has 0 bridgehead atoms. The zero-order valence-electron chi connectivity index (χ0n) is 10.7. The number of nitrogens with zero attached hydrogens (tertiary/aromatic N) is 1. The van der Waals surface area contributed by atoms with E-state index in [1.54, 1.807) is 4.90 Å². The van der Waals surface area contributed by atoms with Crippen LogP contribution in [0.15, 0.2) is 0 Å². The molecule has 1 aliphatic rings. The van der Waals surface area contributed by atoms with Crippen LogP contribution < -0.4 is 5.32 Å². The summed E-state index contributed by atoms with van der Waals surface area (Å²) in [6.45, 7) is 4.89. The summed E-state index contributed by atoms with van der Waals surface area (Å²) in [4.78, 5) is 13.6. The number of hydrogen-bond acceptors (Lipinski definition) is 3. The topological polar surface area (TPSA) is 41.6 Å². The number of nitrogens with one attached hydrogen (secondary N) is 1. The fourth-order valence-electron chi connectivity index (χ4n) is 1.62. The van der Waals surface area contributed by atoms with Gasteiger partial charge in [-0.25, -0.2) is 0 Å². The molecule has 0 aromatic heterocycles. The molecule has 94 valence electrons. The summed E-state index contributed by atoms with van der Waals surface area (Å²) in [5.41, 5.74) is 0. The number of rotatable bonds is 8. The first-order chi connectivity index (χ1) is 7.65. The van der Waals surface area contributed by atoms with Gasteiger partial charge >= 0.3 is 0 Å². The van der Waals surface area contributed by atoms with E-state index in [0.29, 0.717) is 13.2 Å². The molecule has 0 radical (unpaired) electrons. The Morgan fingerprint density at radius 1 is 1.56 bits per heavy atom. The summed E-state index contributed by atoms with van der Waals surface area (Å²) in [7, 11) is 3.71. The molecular formula is C12H24N2O2. The lowest BCUT2D eigenvalue weighted by molar-refractivity contribution is -0.134. The zero-order chi connectivity index (χ0) is 12.0. The molecule has 1 atom stereocenters. The molecule has 4 nitrogen and oxygen atoms in total. The Labute approximate surface area is 98.3 Å². The van der Waals surface area contributed by atoms with Crippen LogP contribution in [0.25, 0.3) is 0 Å². The Hall–Kier alpha value is -0.610. The molecule has 16 heavy (non-hydrogen) atoms. The van der Waals surface area contributed by atoms with Crippen molar-refractivity contribution in [1.29, 1.82) is 0 Å². The van der Waals surface area contributed by atoms with Gasteiger partial charge in [-0.05, 0) is 25.8 Å². The van der Waals surface area contributed by atoms with Crippen LogP contribution in [0.4, 0.5) is 0 Å². The Morgan fingerprint density at radius 3 is 2.81 bits per heavy atom. The maximum atomic E-state index is 11.8. The highest BCUT2D eigenvalue weighted by molar-refractivity contribution is 5.78. The van der Waals surface area contributed by atoms with Gasteiger partial charge in [0, 0.05) is 32.7 Å². The highest BCUT2D eigenvalue weighted by Crippen LogP contribution is 2.28. The first-order valence-corrected chi connectivity index (χ1v) is 6.12. The maximum absolute atomic E-state index is 11.8. The van der Waals surface area contributed by atoms with Crippen LogP contribution in [-0.4, -0.2) is 51.2 Å². The van der Waals surface area contributed by atoms with E-state index >= 15 is 0 Å². The molecule has 1 amide bonds. The first-order valence-electron chi connectivity index (χ1n) is 6.12. The lowest BCUT2D eigenvalue weighted by atomic mass is 10.1. The highest BCUT2D eigenvalue weighted by Gasteiger charge is 2.21. The molecule has 1 aliphatic carbocycles. The normalized spacial score (nSPS) is 17.2. The van der Waals surface area contributed by atoms with E-state index in [0.717, 1.165) is 19.1 Å². The van der Waals surface area contributed by atoms with Crippen LogP contribution in [0.5, 0.6) is 0 Å². The van der Waals surface area contributed by atoms with E-state index in [2.05, 4.69) is 5.32 Å². The molecule has 1 saturated carbocycles. The monoisotopic (exact) mass is 228 g/mol. The van der Waals surface area contributed by atoms with Crippen LogP contribution in [0, 0.1) is 11.8 Å². The lowest BCUT2D eigenvalue weighted by Crippen LogP contribution is -2.37. The molecule has 0 heterocycles. The van der Waals surface area contributed by atoms with Crippen molar-refractivity contribution in [2.24, 2.45) is 11.8 Å². The second-order valence-electron chi connectivity index (χ2n) is 4.74. The van der Waals surface area contributed by atoms with E-state index in [1.165, 1.54) is 12.8 Å². The van der Waals surface area contributed by atoms with Crippen LogP contribution in [0.1, 0.15) is 19.8 Å². The summed E-state index contributed by atoms with van der Waals surface area (Å²) in [6, 6.07) is 0. The van der Waals surface area contributed by atoms with Crippen LogP contribution in [0.3, 0.4) is 0 Å². The van der Waals surface area contributed by atoms with E-state index in [-0.39, 0.29) is 11.8 Å².